The molecule has 1 heterocycles. The van der Waals surface area contributed by atoms with Crippen LogP contribution in [0.4, 0.5) is 0 Å². The van der Waals surface area contributed by atoms with E-state index < -0.39 is 34.0 Å². The molecule has 0 aromatic rings. The molecule has 2 aliphatic rings. The van der Waals surface area contributed by atoms with Gasteiger partial charge in [-0.2, -0.15) is 0 Å². The lowest BCUT2D eigenvalue weighted by molar-refractivity contribution is -0.155. The Labute approximate surface area is 147 Å². The van der Waals surface area contributed by atoms with E-state index in [0.29, 0.717) is 5.70 Å². The van der Waals surface area contributed by atoms with Crippen LogP contribution in [0.15, 0.2) is 11.3 Å². The van der Waals surface area contributed by atoms with Gasteiger partial charge >= 0.3 is 0 Å². The molecular formula is C18H28N2O5. The van der Waals surface area contributed by atoms with Gasteiger partial charge in [0.25, 0.3) is 0 Å². The number of nitrogens with one attached hydrogen (secondary N) is 2. The molecule has 2 rings (SSSR count). The maximum absolute atomic E-state index is 13.0. The molecule has 0 spiro atoms. The Kier molecular flexibility index (Phi) is 4.22. The number of ketones is 2. The summed E-state index contributed by atoms with van der Waals surface area (Å²) >= 11 is 0. The molecule has 4 N–H and O–H groups in total. The van der Waals surface area contributed by atoms with E-state index in [0.717, 1.165) is 0 Å². The van der Waals surface area contributed by atoms with Crippen molar-refractivity contribution in [2.75, 3.05) is 0 Å². The van der Waals surface area contributed by atoms with Gasteiger partial charge in [0.2, 0.25) is 5.91 Å². The summed E-state index contributed by atoms with van der Waals surface area (Å²) in [4.78, 5) is 37.4. The fourth-order valence-corrected chi connectivity index (χ4v) is 4.60. The number of allylic oxidation sites excluding steroid dienone is 1. The molecule has 7 heteroatoms. The largest absolute Gasteiger partial charge is 0.388 e. The molecular weight excluding hydrogens is 324 g/mol. The molecule has 1 fully saturated rings. The minimum Gasteiger partial charge on any atom is -0.388 e. The van der Waals surface area contributed by atoms with E-state index in [2.05, 4.69) is 10.6 Å². The van der Waals surface area contributed by atoms with E-state index in [9.17, 15) is 24.6 Å². The minimum atomic E-state index is -2.16. The lowest BCUT2D eigenvalue weighted by Crippen LogP contribution is -2.61. The second kappa shape index (κ2) is 5.38. The lowest BCUT2D eigenvalue weighted by Gasteiger charge is -2.43. The summed E-state index contributed by atoms with van der Waals surface area (Å²) in [5, 5.41) is 27.7. The van der Waals surface area contributed by atoms with E-state index in [1.165, 1.54) is 13.8 Å². The number of Topliss-reactive ketones (excluding diaryl/α,β-unsaturated/α-hetero) is 2. The Hall–Kier alpha value is -1.73. The van der Waals surface area contributed by atoms with Crippen molar-refractivity contribution < 1.29 is 24.6 Å². The van der Waals surface area contributed by atoms with Gasteiger partial charge in [0, 0.05) is 30.2 Å². The normalized spacial score (nSPS) is 34.7. The highest BCUT2D eigenvalue weighted by Crippen LogP contribution is 2.53. The van der Waals surface area contributed by atoms with Gasteiger partial charge in [-0.15, -0.1) is 0 Å². The van der Waals surface area contributed by atoms with Gasteiger partial charge in [-0.05, 0) is 41.5 Å². The van der Waals surface area contributed by atoms with Crippen molar-refractivity contribution in [2.45, 2.75) is 77.7 Å². The van der Waals surface area contributed by atoms with Gasteiger partial charge in [-0.3, -0.25) is 14.4 Å². The molecule has 1 unspecified atom stereocenters. The van der Waals surface area contributed by atoms with Crippen LogP contribution >= 0.6 is 0 Å². The van der Waals surface area contributed by atoms with Crippen LogP contribution in [0.3, 0.4) is 0 Å². The monoisotopic (exact) mass is 352 g/mol. The molecule has 1 saturated carbocycles. The molecule has 0 aromatic carbocycles. The number of carbonyl (C=O) groups excluding carboxylic acids is 3. The first kappa shape index (κ1) is 19.6. The summed E-state index contributed by atoms with van der Waals surface area (Å²) in [6.07, 6.45) is -1.81. The van der Waals surface area contributed by atoms with Crippen LogP contribution in [0.25, 0.3) is 0 Å². The summed E-state index contributed by atoms with van der Waals surface area (Å²) in [6.45, 7) is 11.2. The minimum absolute atomic E-state index is 0.116. The fourth-order valence-electron chi connectivity index (χ4n) is 4.60. The molecule has 1 amide bonds. The molecule has 1 aliphatic heterocycles. The highest BCUT2D eigenvalue weighted by molar-refractivity contribution is 6.16. The summed E-state index contributed by atoms with van der Waals surface area (Å²) < 4.78 is 0. The van der Waals surface area contributed by atoms with Gasteiger partial charge in [0.05, 0.1) is 11.0 Å². The third kappa shape index (κ3) is 2.69. The predicted octanol–water partition coefficient (Wildman–Crippen LogP) is 0.197. The van der Waals surface area contributed by atoms with Crippen LogP contribution in [0.2, 0.25) is 0 Å². The number of fused-ring (bicyclic) bond motifs is 1. The van der Waals surface area contributed by atoms with Crippen molar-refractivity contribution in [1.29, 1.82) is 0 Å². The highest BCUT2D eigenvalue weighted by atomic mass is 16.4. The highest BCUT2D eigenvalue weighted by Gasteiger charge is 2.69. The zero-order valence-electron chi connectivity index (χ0n) is 15.9. The Morgan fingerprint density at radius 2 is 1.80 bits per heavy atom. The zero-order chi connectivity index (χ0) is 19.6. The summed E-state index contributed by atoms with van der Waals surface area (Å²) in [5.74, 6) is -1.34. The second-order valence-electron chi connectivity index (χ2n) is 8.68. The first-order chi connectivity index (χ1) is 11.1. The lowest BCUT2D eigenvalue weighted by atomic mass is 9.67. The molecule has 140 valence electrons. The van der Waals surface area contributed by atoms with Crippen molar-refractivity contribution in [1.82, 2.24) is 10.6 Å². The number of amides is 1. The van der Waals surface area contributed by atoms with Gasteiger partial charge in [-0.1, -0.05) is 0 Å². The van der Waals surface area contributed by atoms with Crippen LogP contribution in [-0.4, -0.2) is 50.5 Å². The summed E-state index contributed by atoms with van der Waals surface area (Å²) in [5.41, 5.74) is -4.98. The average Bonchev–Trinajstić information content (AvgIpc) is 2.54. The number of carbonyl (C=O) groups is 3. The van der Waals surface area contributed by atoms with Crippen molar-refractivity contribution in [3.63, 3.8) is 0 Å². The van der Waals surface area contributed by atoms with Gasteiger partial charge in [0.15, 0.2) is 17.2 Å². The van der Waals surface area contributed by atoms with Crippen molar-refractivity contribution in [3.8, 4) is 0 Å². The number of rotatable bonds is 3. The van der Waals surface area contributed by atoms with Crippen molar-refractivity contribution >= 4 is 17.5 Å². The first-order valence-electron chi connectivity index (χ1n) is 8.38. The van der Waals surface area contributed by atoms with Crippen LogP contribution in [-0.2, 0) is 14.4 Å². The number of aliphatic hydroxyl groups excluding tert-OH is 1. The molecule has 25 heavy (non-hydrogen) atoms. The second-order valence-corrected chi connectivity index (χ2v) is 8.68. The Bertz CT molecular complexity index is 694. The van der Waals surface area contributed by atoms with Crippen molar-refractivity contribution in [3.05, 3.63) is 11.3 Å². The third-order valence-corrected chi connectivity index (χ3v) is 5.28. The molecule has 0 saturated heterocycles. The van der Waals surface area contributed by atoms with Crippen LogP contribution in [0.1, 0.15) is 54.9 Å². The maximum atomic E-state index is 13.0. The smallest absolute Gasteiger partial charge is 0.217 e. The molecule has 0 aromatic heterocycles. The standard InChI is InChI=1S/C18H28N2O5/c1-9-11-12(22)18(25,8-15(3,4)20-10(2)21)14(24)17(11,7)13(23)16(5,6)19-9/h14,19,24-25H,8H2,1-7H3,(H,20,21)/t14-,17?,18-/m1/s1. The van der Waals surface area contributed by atoms with Gasteiger partial charge in [0.1, 0.15) is 6.10 Å². The van der Waals surface area contributed by atoms with Crippen LogP contribution < -0.4 is 10.6 Å². The molecule has 7 nitrogen and oxygen atoms in total. The SMILES string of the molecule is CC(=O)NC(C)(C)C[C@@]1(O)C(=O)C2=C(C)NC(C)(C)C(=O)C2(C)[C@H]1O. The first-order valence-corrected chi connectivity index (χ1v) is 8.38. The Morgan fingerprint density at radius 3 is 2.28 bits per heavy atom. The fraction of sp³-hybridized carbons (Fsp3) is 0.722. The number of hydrogen-bond donors (Lipinski definition) is 4. The molecule has 1 aliphatic carbocycles. The maximum Gasteiger partial charge on any atom is 0.217 e. The van der Waals surface area contributed by atoms with Crippen molar-refractivity contribution in [2.24, 2.45) is 5.41 Å². The number of aliphatic hydroxyl groups is 2. The average molecular weight is 352 g/mol. The van der Waals surface area contributed by atoms with E-state index >= 15 is 0 Å². The summed E-state index contributed by atoms with van der Waals surface area (Å²) in [7, 11) is 0. The predicted molar refractivity (Wildman–Crippen MR) is 91.5 cm³/mol. The molecule has 3 atom stereocenters. The van der Waals surface area contributed by atoms with Crippen LogP contribution in [0.5, 0.6) is 0 Å². The van der Waals surface area contributed by atoms with E-state index in [1.807, 2.05) is 0 Å². The Morgan fingerprint density at radius 1 is 1.28 bits per heavy atom. The third-order valence-electron chi connectivity index (χ3n) is 5.28. The van der Waals surface area contributed by atoms with E-state index in [4.69, 9.17) is 0 Å². The van der Waals surface area contributed by atoms with E-state index in [1.54, 1.807) is 34.6 Å². The Balaban J connectivity index is 2.56. The summed E-state index contributed by atoms with van der Waals surface area (Å²) in [6, 6.07) is 0. The number of hydrogen-bond acceptors (Lipinski definition) is 6. The van der Waals surface area contributed by atoms with E-state index in [-0.39, 0.29) is 23.7 Å². The van der Waals surface area contributed by atoms with Gasteiger partial charge in [-0.25, -0.2) is 0 Å². The molecule has 0 bridgehead atoms. The zero-order valence-corrected chi connectivity index (χ0v) is 15.9. The quantitative estimate of drug-likeness (QED) is 0.577. The topological polar surface area (TPSA) is 116 Å². The van der Waals surface area contributed by atoms with Crippen LogP contribution in [0, 0.1) is 5.41 Å². The molecule has 0 radical (unpaired) electrons. The van der Waals surface area contributed by atoms with Gasteiger partial charge < -0.3 is 20.8 Å².